The monoisotopic (exact) mass is 229 g/mol. The molecule has 3 nitrogen and oxygen atoms in total. The molecule has 0 aliphatic carbocycles. The van der Waals surface area contributed by atoms with Crippen LogP contribution in [0.1, 0.15) is 13.8 Å². The second-order valence-electron chi connectivity index (χ2n) is 5.41. The van der Waals surface area contributed by atoms with E-state index in [2.05, 4.69) is 31.0 Å². The molecule has 0 unspecified atom stereocenters. The molecule has 1 aromatic carbocycles. The summed E-state index contributed by atoms with van der Waals surface area (Å²) >= 11 is 0. The van der Waals surface area contributed by atoms with Gasteiger partial charge in [0, 0.05) is 35.8 Å². The summed E-state index contributed by atoms with van der Waals surface area (Å²) in [6, 6.07) is 8.21. The molecule has 0 atom stereocenters. The zero-order valence-electron chi connectivity index (χ0n) is 10.2. The number of aromatic nitrogens is 1. The summed E-state index contributed by atoms with van der Waals surface area (Å²) in [5.41, 5.74) is 2.33. The molecular weight excluding hydrogens is 213 g/mol. The average Bonchev–Trinajstić information content (AvgIpc) is 2.73. The number of hydrogen-bond donors (Lipinski definition) is 1. The summed E-state index contributed by atoms with van der Waals surface area (Å²) in [5.74, 6) is 0. The fraction of sp³-hybridized carbons (Fsp3) is 0.385. The Morgan fingerprint density at radius 2 is 1.88 bits per heavy atom. The van der Waals surface area contributed by atoms with Gasteiger partial charge in [0.1, 0.15) is 0 Å². The van der Waals surface area contributed by atoms with Gasteiger partial charge in [-0.25, -0.2) is 0 Å². The summed E-state index contributed by atoms with van der Waals surface area (Å²) in [6.07, 6.45) is 1.98. The van der Waals surface area contributed by atoms with Crippen molar-refractivity contribution in [3.8, 4) is 0 Å². The molecule has 1 aromatic heterocycles. The molecule has 1 saturated heterocycles. The lowest BCUT2D eigenvalue weighted by Gasteiger charge is -2.32. The first-order chi connectivity index (χ1) is 8.16. The lowest BCUT2D eigenvalue weighted by molar-refractivity contribution is 0.0344. The summed E-state index contributed by atoms with van der Waals surface area (Å²) < 4.78 is 11.6. The zero-order valence-corrected chi connectivity index (χ0v) is 10.2. The van der Waals surface area contributed by atoms with E-state index in [1.807, 2.05) is 18.3 Å². The van der Waals surface area contributed by atoms with E-state index in [1.165, 1.54) is 5.39 Å². The van der Waals surface area contributed by atoms with E-state index in [1.54, 1.807) is 0 Å². The molecule has 2 aromatic rings. The number of rotatable bonds is 1. The number of H-pyrrole nitrogens is 1. The van der Waals surface area contributed by atoms with E-state index in [0.29, 0.717) is 0 Å². The summed E-state index contributed by atoms with van der Waals surface area (Å²) in [6.45, 7) is 5.77. The first-order valence-electron chi connectivity index (χ1n) is 5.95. The van der Waals surface area contributed by atoms with Crippen molar-refractivity contribution in [2.45, 2.75) is 13.8 Å². The SMILES string of the molecule is CC1(C)COB(c2c[nH]c3ccccc23)OC1. The highest BCUT2D eigenvalue weighted by Crippen LogP contribution is 2.22. The zero-order chi connectivity index (χ0) is 11.9. The lowest BCUT2D eigenvalue weighted by Crippen LogP contribution is -2.47. The maximum Gasteiger partial charge on any atom is 0.496 e. The van der Waals surface area contributed by atoms with Crippen molar-refractivity contribution in [2.75, 3.05) is 13.2 Å². The molecule has 3 rings (SSSR count). The highest BCUT2D eigenvalue weighted by molar-refractivity contribution is 6.64. The van der Waals surface area contributed by atoms with Gasteiger partial charge in [-0.15, -0.1) is 0 Å². The molecular formula is C13H16BNO2. The molecule has 88 valence electrons. The molecule has 0 bridgehead atoms. The predicted octanol–water partition coefficient (Wildman–Crippen LogP) is 1.94. The number of nitrogens with one attached hydrogen (secondary N) is 1. The second-order valence-corrected chi connectivity index (χ2v) is 5.41. The summed E-state index contributed by atoms with van der Waals surface area (Å²) in [7, 11) is -0.237. The van der Waals surface area contributed by atoms with Crippen molar-refractivity contribution in [2.24, 2.45) is 5.41 Å². The molecule has 17 heavy (non-hydrogen) atoms. The van der Waals surface area contributed by atoms with Gasteiger partial charge in [0.25, 0.3) is 0 Å². The van der Waals surface area contributed by atoms with Gasteiger partial charge >= 0.3 is 7.12 Å². The van der Waals surface area contributed by atoms with E-state index in [0.717, 1.165) is 24.2 Å². The minimum absolute atomic E-state index is 0.114. The average molecular weight is 229 g/mol. The highest BCUT2D eigenvalue weighted by Gasteiger charge is 2.34. The third-order valence-electron chi connectivity index (χ3n) is 3.13. The van der Waals surface area contributed by atoms with Crippen molar-refractivity contribution < 1.29 is 9.31 Å². The molecule has 0 spiro atoms. The molecule has 4 heteroatoms. The number of hydrogen-bond acceptors (Lipinski definition) is 2. The Labute approximate surface area is 101 Å². The first-order valence-corrected chi connectivity index (χ1v) is 5.95. The van der Waals surface area contributed by atoms with Crippen LogP contribution in [0.25, 0.3) is 10.9 Å². The number of para-hydroxylation sites is 1. The van der Waals surface area contributed by atoms with E-state index in [4.69, 9.17) is 9.31 Å². The van der Waals surface area contributed by atoms with Gasteiger partial charge in [0.05, 0.1) is 0 Å². The van der Waals surface area contributed by atoms with E-state index in [-0.39, 0.29) is 12.5 Å². The number of aromatic amines is 1. The van der Waals surface area contributed by atoms with E-state index < -0.39 is 0 Å². The van der Waals surface area contributed by atoms with Crippen LogP contribution in [0.15, 0.2) is 30.5 Å². The lowest BCUT2D eigenvalue weighted by atomic mass is 9.76. The number of benzene rings is 1. The minimum atomic E-state index is -0.237. The third-order valence-corrected chi connectivity index (χ3v) is 3.13. The minimum Gasteiger partial charge on any atom is -0.407 e. The van der Waals surface area contributed by atoms with Crippen LogP contribution in [0.5, 0.6) is 0 Å². The molecule has 1 N–H and O–H groups in total. The Bertz CT molecular complexity index is 525. The normalized spacial score (nSPS) is 19.8. The third kappa shape index (κ3) is 1.98. The maximum absolute atomic E-state index is 5.80. The molecule has 1 aliphatic heterocycles. The van der Waals surface area contributed by atoms with Gasteiger partial charge in [-0.05, 0) is 11.5 Å². The van der Waals surface area contributed by atoms with Gasteiger partial charge in [0.15, 0.2) is 0 Å². The molecule has 2 heterocycles. The summed E-state index contributed by atoms with van der Waals surface area (Å²) in [4.78, 5) is 3.25. The Balaban J connectivity index is 1.90. The van der Waals surface area contributed by atoms with Crippen molar-refractivity contribution in [3.63, 3.8) is 0 Å². The molecule has 1 aliphatic rings. The van der Waals surface area contributed by atoms with Crippen molar-refractivity contribution in [1.82, 2.24) is 4.98 Å². The van der Waals surface area contributed by atoms with Crippen LogP contribution >= 0.6 is 0 Å². The quantitative estimate of drug-likeness (QED) is 0.758. The molecule has 0 amide bonds. The van der Waals surface area contributed by atoms with Crippen LogP contribution in [0.4, 0.5) is 0 Å². The van der Waals surface area contributed by atoms with Crippen LogP contribution in [-0.4, -0.2) is 25.3 Å². The van der Waals surface area contributed by atoms with Crippen LogP contribution in [0, 0.1) is 5.41 Å². The molecule has 0 saturated carbocycles. The second kappa shape index (κ2) is 3.89. The topological polar surface area (TPSA) is 34.2 Å². The summed E-state index contributed by atoms with van der Waals surface area (Å²) in [5, 5.41) is 1.18. The molecule has 0 radical (unpaired) electrons. The Morgan fingerprint density at radius 1 is 1.18 bits per heavy atom. The molecule has 1 fully saturated rings. The van der Waals surface area contributed by atoms with Gasteiger partial charge < -0.3 is 14.3 Å². The van der Waals surface area contributed by atoms with Crippen LogP contribution < -0.4 is 5.46 Å². The Kier molecular flexibility index (Phi) is 2.49. The Morgan fingerprint density at radius 3 is 2.65 bits per heavy atom. The van der Waals surface area contributed by atoms with Gasteiger partial charge in [0.2, 0.25) is 0 Å². The standard InChI is InChI=1S/C13H16BNO2/c1-13(2)8-16-14(17-9-13)11-7-15-12-6-4-3-5-10(11)12/h3-7,15H,8-9H2,1-2H3. The van der Waals surface area contributed by atoms with E-state index >= 15 is 0 Å². The van der Waals surface area contributed by atoms with Crippen LogP contribution in [0.3, 0.4) is 0 Å². The van der Waals surface area contributed by atoms with Crippen LogP contribution in [-0.2, 0) is 9.31 Å². The predicted molar refractivity (Wildman–Crippen MR) is 69.4 cm³/mol. The van der Waals surface area contributed by atoms with Crippen molar-refractivity contribution >= 4 is 23.5 Å². The van der Waals surface area contributed by atoms with E-state index in [9.17, 15) is 0 Å². The van der Waals surface area contributed by atoms with Crippen LogP contribution in [0.2, 0.25) is 0 Å². The smallest absolute Gasteiger partial charge is 0.407 e. The van der Waals surface area contributed by atoms with Gasteiger partial charge in [-0.3, -0.25) is 0 Å². The largest absolute Gasteiger partial charge is 0.496 e. The van der Waals surface area contributed by atoms with Crippen molar-refractivity contribution in [1.29, 1.82) is 0 Å². The number of fused-ring (bicyclic) bond motifs is 1. The maximum atomic E-state index is 5.80. The van der Waals surface area contributed by atoms with Crippen molar-refractivity contribution in [3.05, 3.63) is 30.5 Å². The highest BCUT2D eigenvalue weighted by atomic mass is 16.6. The Hall–Kier alpha value is -1.26. The van der Waals surface area contributed by atoms with Gasteiger partial charge in [-0.2, -0.15) is 0 Å². The fourth-order valence-electron chi connectivity index (χ4n) is 2.16. The van der Waals surface area contributed by atoms with Gasteiger partial charge in [-0.1, -0.05) is 32.0 Å². The first kappa shape index (κ1) is 10.9. The fourth-order valence-corrected chi connectivity index (χ4v) is 2.16.